The molecule has 2 aromatic rings. The van der Waals surface area contributed by atoms with Crippen LogP contribution in [0.3, 0.4) is 0 Å². The van der Waals surface area contributed by atoms with Crippen molar-refractivity contribution in [3.63, 3.8) is 0 Å². The number of imide groups is 2. The molecule has 6 heteroatoms. The summed E-state index contributed by atoms with van der Waals surface area (Å²) in [6.45, 7) is -0.376. The molecular weight excluding hydrogens is 296 g/mol. The maximum Gasteiger partial charge on any atom is 0.263 e. The summed E-state index contributed by atoms with van der Waals surface area (Å²) in [6, 6.07) is 12.9. The summed E-state index contributed by atoms with van der Waals surface area (Å²) in [4.78, 5) is 51.2. The molecule has 2 aliphatic heterocycles. The molecule has 4 rings (SSSR count). The summed E-state index contributed by atoms with van der Waals surface area (Å²) >= 11 is 0. The number of hydrogen-bond acceptors (Lipinski definition) is 4. The molecule has 0 radical (unpaired) electrons. The molecule has 4 amide bonds. The van der Waals surface area contributed by atoms with Gasteiger partial charge in [-0.3, -0.25) is 29.0 Å². The Hall–Kier alpha value is -3.28. The Labute approximate surface area is 130 Å². The Balaban J connectivity index is 1.66. The van der Waals surface area contributed by atoms with Crippen molar-refractivity contribution in [2.75, 3.05) is 6.67 Å². The first-order valence-corrected chi connectivity index (χ1v) is 7.00. The van der Waals surface area contributed by atoms with E-state index in [9.17, 15) is 19.2 Å². The highest BCUT2D eigenvalue weighted by atomic mass is 16.2. The van der Waals surface area contributed by atoms with E-state index in [1.54, 1.807) is 48.5 Å². The Morgan fingerprint density at radius 1 is 0.522 bits per heavy atom. The molecule has 2 heterocycles. The van der Waals surface area contributed by atoms with Crippen LogP contribution in [0.1, 0.15) is 41.4 Å². The van der Waals surface area contributed by atoms with Crippen molar-refractivity contribution in [2.24, 2.45) is 0 Å². The first-order valence-electron chi connectivity index (χ1n) is 7.00. The van der Waals surface area contributed by atoms with Gasteiger partial charge in [0.05, 0.1) is 22.3 Å². The lowest BCUT2D eigenvalue weighted by Crippen LogP contribution is -2.43. The minimum atomic E-state index is -0.498. The van der Waals surface area contributed by atoms with E-state index < -0.39 is 23.6 Å². The van der Waals surface area contributed by atoms with Crippen LogP contribution in [0, 0.1) is 0 Å². The van der Waals surface area contributed by atoms with E-state index in [-0.39, 0.29) is 28.9 Å². The predicted octanol–water partition coefficient (Wildman–Crippen LogP) is 1.54. The van der Waals surface area contributed by atoms with E-state index in [0.29, 0.717) is 0 Å². The van der Waals surface area contributed by atoms with Gasteiger partial charge in [0.25, 0.3) is 23.6 Å². The Morgan fingerprint density at radius 3 is 1.04 bits per heavy atom. The topological polar surface area (TPSA) is 74.8 Å². The molecule has 2 aromatic carbocycles. The second-order valence-corrected chi connectivity index (χ2v) is 5.31. The number of fused-ring (bicyclic) bond motifs is 2. The van der Waals surface area contributed by atoms with Gasteiger partial charge in [-0.15, -0.1) is 0 Å². The van der Waals surface area contributed by atoms with Crippen molar-refractivity contribution in [3.05, 3.63) is 70.8 Å². The highest BCUT2D eigenvalue weighted by molar-refractivity contribution is 6.24. The minimum Gasteiger partial charge on any atom is -0.269 e. The van der Waals surface area contributed by atoms with E-state index in [1.165, 1.54) is 0 Å². The molecule has 23 heavy (non-hydrogen) atoms. The van der Waals surface area contributed by atoms with Crippen molar-refractivity contribution in [1.82, 2.24) is 9.80 Å². The molecule has 6 nitrogen and oxygen atoms in total. The SMILES string of the molecule is O=C1c2ccccc2C(=O)N1CN1C(=O)c2ccccc2C1=O. The number of amides is 4. The maximum atomic E-state index is 12.3. The Kier molecular flexibility index (Phi) is 2.68. The van der Waals surface area contributed by atoms with Gasteiger partial charge in [0.2, 0.25) is 0 Å². The Morgan fingerprint density at radius 2 is 0.783 bits per heavy atom. The van der Waals surface area contributed by atoms with Crippen molar-refractivity contribution >= 4 is 23.6 Å². The van der Waals surface area contributed by atoms with Gasteiger partial charge >= 0.3 is 0 Å². The molecule has 0 unspecified atom stereocenters. The average Bonchev–Trinajstić information content (AvgIpc) is 2.97. The summed E-state index contributed by atoms with van der Waals surface area (Å²) in [5.41, 5.74) is 1.14. The second kappa shape index (κ2) is 4.61. The molecule has 0 fully saturated rings. The molecule has 0 bridgehead atoms. The molecule has 0 aliphatic carbocycles. The first kappa shape index (κ1) is 13.4. The van der Waals surface area contributed by atoms with Crippen LogP contribution in [0.2, 0.25) is 0 Å². The highest BCUT2D eigenvalue weighted by Gasteiger charge is 2.41. The molecule has 0 spiro atoms. The van der Waals surface area contributed by atoms with Crippen LogP contribution in [0.4, 0.5) is 0 Å². The van der Waals surface area contributed by atoms with Gasteiger partial charge in [-0.1, -0.05) is 24.3 Å². The molecule has 112 valence electrons. The largest absolute Gasteiger partial charge is 0.269 e. The van der Waals surface area contributed by atoms with Crippen LogP contribution in [0.15, 0.2) is 48.5 Å². The van der Waals surface area contributed by atoms with Gasteiger partial charge in [0.15, 0.2) is 0 Å². The van der Waals surface area contributed by atoms with E-state index in [1.807, 2.05) is 0 Å². The molecule has 0 saturated carbocycles. The number of nitrogens with zero attached hydrogens (tertiary/aromatic N) is 2. The zero-order valence-corrected chi connectivity index (χ0v) is 11.9. The van der Waals surface area contributed by atoms with Gasteiger partial charge < -0.3 is 0 Å². The highest BCUT2D eigenvalue weighted by Crippen LogP contribution is 2.26. The summed E-state index contributed by atoms with van der Waals surface area (Å²) in [7, 11) is 0. The maximum absolute atomic E-state index is 12.3. The van der Waals surface area contributed by atoms with Crippen LogP contribution < -0.4 is 0 Å². The lowest BCUT2D eigenvalue weighted by Gasteiger charge is -2.20. The molecule has 0 N–H and O–H groups in total. The minimum absolute atomic E-state index is 0.286. The van der Waals surface area contributed by atoms with Gasteiger partial charge in [0, 0.05) is 0 Å². The fourth-order valence-corrected chi connectivity index (χ4v) is 2.88. The third-order valence-electron chi connectivity index (χ3n) is 4.04. The Bertz CT molecular complexity index is 759. The number of benzene rings is 2. The smallest absolute Gasteiger partial charge is 0.263 e. The van der Waals surface area contributed by atoms with Crippen LogP contribution in [-0.4, -0.2) is 40.1 Å². The number of rotatable bonds is 2. The van der Waals surface area contributed by atoms with Gasteiger partial charge in [0.1, 0.15) is 6.67 Å². The van der Waals surface area contributed by atoms with Crippen molar-refractivity contribution in [2.45, 2.75) is 0 Å². The quantitative estimate of drug-likeness (QED) is 0.789. The molecule has 0 saturated heterocycles. The lowest BCUT2D eigenvalue weighted by atomic mass is 10.1. The van der Waals surface area contributed by atoms with Gasteiger partial charge in [-0.2, -0.15) is 0 Å². The van der Waals surface area contributed by atoms with E-state index in [0.717, 1.165) is 9.80 Å². The predicted molar refractivity (Wildman–Crippen MR) is 78.8 cm³/mol. The summed E-state index contributed by atoms with van der Waals surface area (Å²) in [5.74, 6) is -1.99. The molecule has 0 atom stereocenters. The summed E-state index contributed by atoms with van der Waals surface area (Å²) < 4.78 is 0. The van der Waals surface area contributed by atoms with Crippen molar-refractivity contribution < 1.29 is 19.2 Å². The third kappa shape index (κ3) is 1.75. The van der Waals surface area contributed by atoms with Gasteiger partial charge in [-0.25, -0.2) is 0 Å². The van der Waals surface area contributed by atoms with E-state index >= 15 is 0 Å². The van der Waals surface area contributed by atoms with E-state index in [4.69, 9.17) is 0 Å². The average molecular weight is 306 g/mol. The van der Waals surface area contributed by atoms with Crippen LogP contribution in [0.25, 0.3) is 0 Å². The van der Waals surface area contributed by atoms with Crippen LogP contribution in [-0.2, 0) is 0 Å². The van der Waals surface area contributed by atoms with Gasteiger partial charge in [-0.05, 0) is 24.3 Å². The fraction of sp³-hybridized carbons (Fsp3) is 0.0588. The number of carbonyl (C=O) groups is 4. The first-order chi connectivity index (χ1) is 11.1. The molecule has 0 aromatic heterocycles. The van der Waals surface area contributed by atoms with Crippen LogP contribution in [0.5, 0.6) is 0 Å². The zero-order valence-electron chi connectivity index (χ0n) is 11.9. The second-order valence-electron chi connectivity index (χ2n) is 5.31. The molecular formula is C17H10N2O4. The number of hydrogen-bond donors (Lipinski definition) is 0. The lowest BCUT2D eigenvalue weighted by molar-refractivity contribution is 0.0471. The fourth-order valence-electron chi connectivity index (χ4n) is 2.88. The standard InChI is InChI=1S/C17H10N2O4/c20-14-10-5-1-2-6-11(10)15(21)18(14)9-19-16(22)12-7-3-4-8-13(12)17(19)23/h1-8H,9H2. The van der Waals surface area contributed by atoms with Crippen LogP contribution >= 0.6 is 0 Å². The molecule has 2 aliphatic rings. The zero-order chi connectivity index (χ0) is 16.1. The van der Waals surface area contributed by atoms with Crippen molar-refractivity contribution in [1.29, 1.82) is 0 Å². The normalized spacial score (nSPS) is 16.2. The number of carbonyl (C=O) groups excluding carboxylic acids is 4. The van der Waals surface area contributed by atoms with Crippen molar-refractivity contribution in [3.8, 4) is 0 Å². The van der Waals surface area contributed by atoms with E-state index in [2.05, 4.69) is 0 Å². The monoisotopic (exact) mass is 306 g/mol. The third-order valence-corrected chi connectivity index (χ3v) is 4.04. The summed E-state index contributed by atoms with van der Waals surface area (Å²) in [5, 5.41) is 0. The summed E-state index contributed by atoms with van der Waals surface area (Å²) in [6.07, 6.45) is 0.